The fourth-order valence-corrected chi connectivity index (χ4v) is 3.02. The number of carbonyl (C=O) groups excluding carboxylic acids is 1. The molecule has 2 fully saturated rings. The summed E-state index contributed by atoms with van der Waals surface area (Å²) < 4.78 is 5.41. The number of hydrogen-bond acceptors (Lipinski definition) is 4. The predicted molar refractivity (Wildman–Crippen MR) is 77.6 cm³/mol. The van der Waals surface area contributed by atoms with E-state index in [0.717, 1.165) is 51.9 Å². The van der Waals surface area contributed by atoms with Crippen LogP contribution in [0.25, 0.3) is 0 Å². The summed E-state index contributed by atoms with van der Waals surface area (Å²) in [5.74, 6) is 0. The van der Waals surface area contributed by atoms with Crippen LogP contribution in [-0.2, 0) is 4.74 Å². The molecule has 1 aliphatic carbocycles. The van der Waals surface area contributed by atoms with Gasteiger partial charge in [-0.25, -0.2) is 4.79 Å². The van der Waals surface area contributed by atoms with Crippen LogP contribution in [-0.4, -0.2) is 64.9 Å². The molecular weight excluding hydrogens is 256 g/mol. The molecule has 5 nitrogen and oxygen atoms in total. The summed E-state index contributed by atoms with van der Waals surface area (Å²) in [6, 6.07) is 0.583. The zero-order valence-corrected chi connectivity index (χ0v) is 13.0. The van der Waals surface area contributed by atoms with Crippen molar-refractivity contribution in [2.75, 3.05) is 26.2 Å². The zero-order chi connectivity index (χ0) is 14.8. The van der Waals surface area contributed by atoms with Gasteiger partial charge in [0.05, 0.1) is 6.10 Å². The lowest BCUT2D eigenvalue weighted by Crippen LogP contribution is -2.53. The second kappa shape index (κ2) is 6.31. The molecule has 0 aromatic rings. The highest BCUT2D eigenvalue weighted by molar-refractivity contribution is 5.68. The van der Waals surface area contributed by atoms with Gasteiger partial charge in [-0.1, -0.05) is 0 Å². The summed E-state index contributed by atoms with van der Waals surface area (Å²) in [6.45, 7) is 9.01. The minimum atomic E-state index is -0.423. The number of aliphatic hydroxyl groups excluding tert-OH is 1. The van der Waals surface area contributed by atoms with Gasteiger partial charge in [0.15, 0.2) is 0 Å². The number of aliphatic hydroxyl groups is 1. The third-order valence-electron chi connectivity index (χ3n) is 4.15. The van der Waals surface area contributed by atoms with Gasteiger partial charge in [-0.05, 0) is 46.5 Å². The first-order valence-corrected chi connectivity index (χ1v) is 7.75. The Bertz CT molecular complexity index is 325. The van der Waals surface area contributed by atoms with E-state index in [4.69, 9.17) is 4.74 Å². The topological polar surface area (TPSA) is 53.0 Å². The van der Waals surface area contributed by atoms with Crippen molar-refractivity contribution < 1.29 is 14.6 Å². The van der Waals surface area contributed by atoms with E-state index in [2.05, 4.69) is 4.90 Å². The van der Waals surface area contributed by atoms with Gasteiger partial charge in [-0.2, -0.15) is 0 Å². The van der Waals surface area contributed by atoms with Crippen LogP contribution in [0.4, 0.5) is 4.79 Å². The first-order valence-electron chi connectivity index (χ1n) is 7.75. The van der Waals surface area contributed by atoms with E-state index >= 15 is 0 Å². The van der Waals surface area contributed by atoms with Crippen molar-refractivity contribution in [2.24, 2.45) is 0 Å². The average Bonchev–Trinajstić information content (AvgIpc) is 2.38. The molecule has 116 valence electrons. The number of carbonyl (C=O) groups is 1. The summed E-state index contributed by atoms with van der Waals surface area (Å²) in [5.41, 5.74) is -0.423. The lowest BCUT2D eigenvalue weighted by Gasteiger charge is -2.41. The number of nitrogens with zero attached hydrogens (tertiary/aromatic N) is 2. The molecule has 1 aliphatic heterocycles. The highest BCUT2D eigenvalue weighted by Gasteiger charge is 2.30. The highest BCUT2D eigenvalue weighted by Crippen LogP contribution is 2.24. The average molecular weight is 284 g/mol. The molecule has 5 heteroatoms. The van der Waals surface area contributed by atoms with Crippen LogP contribution in [0.3, 0.4) is 0 Å². The molecule has 1 amide bonds. The maximum atomic E-state index is 12.0. The third-order valence-corrected chi connectivity index (χ3v) is 4.15. The molecule has 0 aromatic carbocycles. The number of ether oxygens (including phenoxy) is 1. The molecule has 0 aromatic heterocycles. The lowest BCUT2D eigenvalue weighted by molar-refractivity contribution is 0.00414. The first-order chi connectivity index (χ1) is 9.35. The van der Waals surface area contributed by atoms with Gasteiger partial charge in [0, 0.05) is 32.2 Å². The Morgan fingerprint density at radius 2 is 1.60 bits per heavy atom. The van der Waals surface area contributed by atoms with Crippen molar-refractivity contribution in [2.45, 2.75) is 64.2 Å². The van der Waals surface area contributed by atoms with Gasteiger partial charge >= 0.3 is 6.09 Å². The Morgan fingerprint density at radius 3 is 2.10 bits per heavy atom. The smallest absolute Gasteiger partial charge is 0.410 e. The van der Waals surface area contributed by atoms with Crippen LogP contribution in [0.1, 0.15) is 46.5 Å². The molecular formula is C15H28N2O3. The highest BCUT2D eigenvalue weighted by atomic mass is 16.6. The van der Waals surface area contributed by atoms with Crippen molar-refractivity contribution in [3.8, 4) is 0 Å². The summed E-state index contributed by atoms with van der Waals surface area (Å²) in [4.78, 5) is 16.3. The van der Waals surface area contributed by atoms with Crippen molar-refractivity contribution in [3.05, 3.63) is 0 Å². The second-order valence-electron chi connectivity index (χ2n) is 6.97. The summed E-state index contributed by atoms with van der Waals surface area (Å²) in [7, 11) is 0. The third kappa shape index (κ3) is 4.35. The fourth-order valence-electron chi connectivity index (χ4n) is 3.02. The summed E-state index contributed by atoms with van der Waals surface area (Å²) >= 11 is 0. The molecule has 0 atom stereocenters. The lowest BCUT2D eigenvalue weighted by atomic mass is 9.91. The Labute approximate surface area is 121 Å². The van der Waals surface area contributed by atoms with Gasteiger partial charge in [0.25, 0.3) is 0 Å². The van der Waals surface area contributed by atoms with E-state index in [-0.39, 0.29) is 12.2 Å². The quantitative estimate of drug-likeness (QED) is 0.798. The molecule has 1 N–H and O–H groups in total. The predicted octanol–water partition coefficient (Wildman–Crippen LogP) is 1.84. The standard InChI is InChI=1S/C15H28N2O3/c1-15(2,3)20-14(19)17-10-8-16(9-11-17)12-4-6-13(18)7-5-12/h12-13,18H,4-11H2,1-3H3. The number of amides is 1. The van der Waals surface area contributed by atoms with Crippen molar-refractivity contribution in [3.63, 3.8) is 0 Å². The van der Waals surface area contributed by atoms with Gasteiger partial charge in [-0.3, -0.25) is 4.90 Å². The van der Waals surface area contributed by atoms with Crippen LogP contribution in [0.5, 0.6) is 0 Å². The number of hydrogen-bond donors (Lipinski definition) is 1. The molecule has 0 unspecified atom stereocenters. The maximum Gasteiger partial charge on any atom is 0.410 e. The van der Waals surface area contributed by atoms with Crippen LogP contribution < -0.4 is 0 Å². The molecule has 0 radical (unpaired) electrons. The van der Waals surface area contributed by atoms with Gasteiger partial charge in [0.2, 0.25) is 0 Å². The van der Waals surface area contributed by atoms with E-state index < -0.39 is 5.60 Å². The second-order valence-corrected chi connectivity index (χ2v) is 6.97. The normalized spacial score (nSPS) is 29.3. The van der Waals surface area contributed by atoms with Gasteiger partial charge < -0.3 is 14.7 Å². The molecule has 2 aliphatic rings. The molecule has 1 saturated carbocycles. The molecule has 0 bridgehead atoms. The maximum absolute atomic E-state index is 12.0. The number of piperazine rings is 1. The van der Waals surface area contributed by atoms with Crippen LogP contribution in [0, 0.1) is 0 Å². The molecule has 20 heavy (non-hydrogen) atoms. The van der Waals surface area contributed by atoms with E-state index in [1.54, 1.807) is 4.90 Å². The van der Waals surface area contributed by atoms with Gasteiger partial charge in [-0.15, -0.1) is 0 Å². The number of rotatable bonds is 1. The molecule has 1 heterocycles. The minimum Gasteiger partial charge on any atom is -0.444 e. The van der Waals surface area contributed by atoms with Crippen molar-refractivity contribution >= 4 is 6.09 Å². The minimum absolute atomic E-state index is 0.102. The Balaban J connectivity index is 1.76. The Hall–Kier alpha value is -0.810. The van der Waals surface area contributed by atoms with Crippen LogP contribution >= 0.6 is 0 Å². The summed E-state index contributed by atoms with van der Waals surface area (Å²) in [6.07, 6.45) is 3.68. The Kier molecular flexibility index (Phi) is 4.91. The zero-order valence-electron chi connectivity index (χ0n) is 13.0. The van der Waals surface area contributed by atoms with Crippen molar-refractivity contribution in [1.29, 1.82) is 0 Å². The molecule has 0 spiro atoms. The monoisotopic (exact) mass is 284 g/mol. The largest absolute Gasteiger partial charge is 0.444 e. The molecule has 1 saturated heterocycles. The van der Waals surface area contributed by atoms with Gasteiger partial charge in [0.1, 0.15) is 5.60 Å². The SMILES string of the molecule is CC(C)(C)OC(=O)N1CCN(C2CCC(O)CC2)CC1. The summed E-state index contributed by atoms with van der Waals surface area (Å²) in [5, 5.41) is 9.56. The van der Waals surface area contributed by atoms with E-state index in [1.807, 2.05) is 20.8 Å². The van der Waals surface area contributed by atoms with E-state index in [1.165, 1.54) is 0 Å². The fraction of sp³-hybridized carbons (Fsp3) is 0.933. The van der Waals surface area contributed by atoms with E-state index in [0.29, 0.717) is 6.04 Å². The van der Waals surface area contributed by atoms with Crippen LogP contribution in [0.15, 0.2) is 0 Å². The van der Waals surface area contributed by atoms with E-state index in [9.17, 15) is 9.90 Å². The van der Waals surface area contributed by atoms with Crippen LogP contribution in [0.2, 0.25) is 0 Å². The molecule has 2 rings (SSSR count). The Morgan fingerprint density at radius 1 is 1.05 bits per heavy atom. The first kappa shape index (κ1) is 15.6. The van der Waals surface area contributed by atoms with Crippen molar-refractivity contribution in [1.82, 2.24) is 9.80 Å².